The van der Waals surface area contributed by atoms with Crippen molar-refractivity contribution in [2.45, 2.75) is 112 Å². The SMILES string of the molecule is CCCC(Cc1c(C(C)(C)C)[nH]c2c(C(C)(C)C)cc(C(C)(C)C)cc12)C(C)=O. The van der Waals surface area contributed by atoms with Gasteiger partial charge < -0.3 is 4.98 Å². The van der Waals surface area contributed by atoms with Gasteiger partial charge in [0.05, 0.1) is 0 Å². The van der Waals surface area contributed by atoms with Crippen molar-refractivity contribution in [2.24, 2.45) is 5.92 Å². The molecule has 29 heavy (non-hydrogen) atoms. The summed E-state index contributed by atoms with van der Waals surface area (Å²) in [5.74, 6) is 0.403. The van der Waals surface area contributed by atoms with Crippen LogP contribution in [0.3, 0.4) is 0 Å². The monoisotopic (exact) mass is 397 g/mol. The first-order valence-corrected chi connectivity index (χ1v) is 11.3. The zero-order chi connectivity index (χ0) is 22.4. The number of benzene rings is 1. The molecule has 1 N–H and O–H groups in total. The molecule has 0 aliphatic carbocycles. The van der Waals surface area contributed by atoms with E-state index >= 15 is 0 Å². The Kier molecular flexibility index (Phi) is 6.48. The molecule has 2 nitrogen and oxygen atoms in total. The minimum Gasteiger partial charge on any atom is -0.357 e. The highest BCUT2D eigenvalue weighted by Gasteiger charge is 2.30. The van der Waals surface area contributed by atoms with E-state index in [4.69, 9.17) is 0 Å². The van der Waals surface area contributed by atoms with E-state index in [9.17, 15) is 4.79 Å². The van der Waals surface area contributed by atoms with Gasteiger partial charge in [-0.1, -0.05) is 81.7 Å². The molecule has 0 radical (unpaired) electrons. The van der Waals surface area contributed by atoms with Gasteiger partial charge in [0, 0.05) is 27.9 Å². The first-order chi connectivity index (χ1) is 13.1. The van der Waals surface area contributed by atoms with Gasteiger partial charge in [-0.05, 0) is 53.4 Å². The lowest BCUT2D eigenvalue weighted by Gasteiger charge is -2.26. The van der Waals surface area contributed by atoms with Crippen LogP contribution in [-0.2, 0) is 27.5 Å². The maximum atomic E-state index is 12.4. The normalized spacial score (nSPS) is 14.4. The molecular formula is C27H43NO. The van der Waals surface area contributed by atoms with Crippen LogP contribution in [0.4, 0.5) is 0 Å². The largest absolute Gasteiger partial charge is 0.357 e. The van der Waals surface area contributed by atoms with Crippen molar-refractivity contribution < 1.29 is 4.79 Å². The van der Waals surface area contributed by atoms with Crippen LogP contribution < -0.4 is 0 Å². The van der Waals surface area contributed by atoms with Crippen molar-refractivity contribution in [1.29, 1.82) is 0 Å². The average molecular weight is 398 g/mol. The Morgan fingerprint density at radius 2 is 1.52 bits per heavy atom. The molecule has 0 amide bonds. The summed E-state index contributed by atoms with van der Waals surface area (Å²) in [6.07, 6.45) is 2.82. The van der Waals surface area contributed by atoms with Gasteiger partial charge in [0.2, 0.25) is 0 Å². The van der Waals surface area contributed by atoms with Crippen molar-refractivity contribution in [2.75, 3.05) is 0 Å². The van der Waals surface area contributed by atoms with E-state index in [1.165, 1.54) is 33.3 Å². The fourth-order valence-corrected chi connectivity index (χ4v) is 4.27. The highest BCUT2D eigenvalue weighted by molar-refractivity contribution is 5.90. The Morgan fingerprint density at radius 1 is 0.931 bits per heavy atom. The van der Waals surface area contributed by atoms with Crippen LogP contribution in [0.5, 0.6) is 0 Å². The third-order valence-corrected chi connectivity index (χ3v) is 6.10. The smallest absolute Gasteiger partial charge is 0.133 e. The predicted octanol–water partition coefficient (Wildman–Crippen LogP) is 7.61. The number of H-pyrrole nitrogens is 1. The number of ketones is 1. The van der Waals surface area contributed by atoms with Crippen molar-refractivity contribution >= 4 is 16.7 Å². The van der Waals surface area contributed by atoms with Gasteiger partial charge in [0.1, 0.15) is 5.78 Å². The van der Waals surface area contributed by atoms with Gasteiger partial charge in [-0.25, -0.2) is 0 Å². The molecule has 1 aromatic carbocycles. The van der Waals surface area contributed by atoms with Crippen LogP contribution in [0, 0.1) is 5.92 Å². The second-order valence-corrected chi connectivity index (χ2v) is 12.0. The first-order valence-electron chi connectivity index (χ1n) is 11.3. The summed E-state index contributed by atoms with van der Waals surface area (Å²) < 4.78 is 0. The van der Waals surface area contributed by atoms with E-state index in [0.717, 1.165) is 19.3 Å². The number of hydrogen-bond acceptors (Lipinski definition) is 1. The van der Waals surface area contributed by atoms with Crippen LogP contribution in [0.15, 0.2) is 12.1 Å². The molecule has 0 spiro atoms. The van der Waals surface area contributed by atoms with Gasteiger partial charge in [0.25, 0.3) is 0 Å². The molecular weight excluding hydrogens is 354 g/mol. The second-order valence-electron chi connectivity index (χ2n) is 12.0. The zero-order valence-corrected chi connectivity index (χ0v) is 20.8. The van der Waals surface area contributed by atoms with Crippen LogP contribution in [0.2, 0.25) is 0 Å². The van der Waals surface area contributed by atoms with Gasteiger partial charge in [-0.15, -0.1) is 0 Å². The van der Waals surface area contributed by atoms with Crippen molar-refractivity contribution in [3.8, 4) is 0 Å². The zero-order valence-electron chi connectivity index (χ0n) is 20.8. The average Bonchev–Trinajstić information content (AvgIpc) is 2.90. The predicted molar refractivity (Wildman–Crippen MR) is 127 cm³/mol. The molecule has 0 saturated heterocycles. The molecule has 1 unspecified atom stereocenters. The quantitative estimate of drug-likeness (QED) is 0.553. The topological polar surface area (TPSA) is 32.9 Å². The Hall–Kier alpha value is -1.57. The highest BCUT2D eigenvalue weighted by atomic mass is 16.1. The number of fused-ring (bicyclic) bond motifs is 1. The number of rotatable bonds is 5. The summed E-state index contributed by atoms with van der Waals surface area (Å²) >= 11 is 0. The third-order valence-electron chi connectivity index (χ3n) is 6.10. The van der Waals surface area contributed by atoms with E-state index in [-0.39, 0.29) is 22.2 Å². The minimum absolute atomic E-state index is 0.00103. The standard InChI is InChI=1S/C27H43NO/c1-12-13-18(17(2)29)14-21-20-15-19(25(3,4)5)16-22(26(6,7)8)23(20)28-24(21)27(9,10)11/h15-16,18,28H,12-14H2,1-11H3. The number of Topliss-reactive ketones (excluding diaryl/α,β-unsaturated/α-hetero) is 1. The molecule has 2 rings (SSSR count). The summed E-state index contributed by atoms with van der Waals surface area (Å²) in [6.45, 7) is 24.5. The number of nitrogens with one attached hydrogen (secondary N) is 1. The van der Waals surface area contributed by atoms with E-state index < -0.39 is 0 Å². The van der Waals surface area contributed by atoms with Gasteiger partial charge in [-0.2, -0.15) is 0 Å². The lowest BCUT2D eigenvalue weighted by atomic mass is 9.78. The van der Waals surface area contributed by atoms with Crippen molar-refractivity contribution in [3.63, 3.8) is 0 Å². The summed E-state index contributed by atoms with van der Waals surface area (Å²) in [4.78, 5) is 16.2. The van der Waals surface area contributed by atoms with Crippen LogP contribution in [-0.4, -0.2) is 10.8 Å². The lowest BCUT2D eigenvalue weighted by molar-refractivity contribution is -0.120. The maximum Gasteiger partial charge on any atom is 0.133 e. The fourth-order valence-electron chi connectivity index (χ4n) is 4.27. The Balaban J connectivity index is 2.90. The molecule has 0 aliphatic heterocycles. The van der Waals surface area contributed by atoms with Gasteiger partial charge >= 0.3 is 0 Å². The van der Waals surface area contributed by atoms with Crippen LogP contribution in [0.25, 0.3) is 10.9 Å². The molecule has 2 aromatic rings. The number of carbonyl (C=O) groups excluding carboxylic acids is 1. The van der Waals surface area contributed by atoms with E-state index in [2.05, 4.69) is 86.4 Å². The molecule has 0 aliphatic rings. The molecule has 1 aromatic heterocycles. The first kappa shape index (κ1) is 23.7. The molecule has 0 bridgehead atoms. The molecule has 1 heterocycles. The number of hydrogen-bond donors (Lipinski definition) is 1. The number of carbonyl (C=O) groups is 1. The Labute approximate surface area is 178 Å². The molecule has 0 fully saturated rings. The van der Waals surface area contributed by atoms with E-state index in [1.54, 1.807) is 6.92 Å². The van der Waals surface area contributed by atoms with Gasteiger partial charge in [-0.3, -0.25) is 4.79 Å². The summed E-state index contributed by atoms with van der Waals surface area (Å²) in [5, 5.41) is 1.31. The highest BCUT2D eigenvalue weighted by Crippen LogP contribution is 2.40. The molecule has 0 saturated carbocycles. The Morgan fingerprint density at radius 3 is 1.93 bits per heavy atom. The fraction of sp³-hybridized carbons (Fsp3) is 0.667. The summed E-state index contributed by atoms with van der Waals surface area (Å²) in [6, 6.07) is 4.78. The third kappa shape index (κ3) is 5.13. The Bertz CT molecular complexity index is 878. The van der Waals surface area contributed by atoms with Crippen LogP contribution in [0.1, 0.15) is 111 Å². The molecule has 2 heteroatoms. The lowest BCUT2D eigenvalue weighted by Crippen LogP contribution is -2.19. The van der Waals surface area contributed by atoms with Crippen molar-refractivity contribution in [1.82, 2.24) is 4.98 Å². The maximum absolute atomic E-state index is 12.4. The summed E-state index contributed by atoms with van der Waals surface area (Å²) in [5.41, 5.74) is 6.73. The van der Waals surface area contributed by atoms with Crippen molar-refractivity contribution in [3.05, 3.63) is 34.5 Å². The van der Waals surface area contributed by atoms with E-state index in [1.807, 2.05) is 0 Å². The minimum atomic E-state index is -0.00103. The molecule has 162 valence electrons. The van der Waals surface area contributed by atoms with Gasteiger partial charge in [0.15, 0.2) is 0 Å². The molecule has 1 atom stereocenters. The summed E-state index contributed by atoms with van der Waals surface area (Å²) in [7, 11) is 0. The van der Waals surface area contributed by atoms with E-state index in [0.29, 0.717) is 5.78 Å². The number of aromatic amines is 1. The van der Waals surface area contributed by atoms with Crippen LogP contribution >= 0.6 is 0 Å². The second kappa shape index (κ2) is 7.93. The number of aromatic nitrogens is 1.